The van der Waals surface area contributed by atoms with Gasteiger partial charge in [0.05, 0.1) is 18.5 Å². The molecule has 1 heterocycles. The Hall–Kier alpha value is -1.07. The summed E-state index contributed by atoms with van der Waals surface area (Å²) in [6, 6.07) is 8.04. The van der Waals surface area contributed by atoms with Crippen LogP contribution in [0.5, 0.6) is 0 Å². The second kappa shape index (κ2) is 5.51. The van der Waals surface area contributed by atoms with E-state index in [9.17, 15) is 4.79 Å². The van der Waals surface area contributed by atoms with Gasteiger partial charge in [-0.05, 0) is 18.4 Å². The average Bonchev–Trinajstić information content (AvgIpc) is 2.39. The highest BCUT2D eigenvalue weighted by molar-refractivity contribution is 8.13. The summed E-state index contributed by atoms with van der Waals surface area (Å²) in [5.41, 5.74) is 1.87. The van der Waals surface area contributed by atoms with Crippen molar-refractivity contribution in [3.05, 3.63) is 35.7 Å². The molecule has 1 aliphatic heterocycles. The molecular weight excluding hydrogens is 254 g/mol. The number of benzene rings is 1. The summed E-state index contributed by atoms with van der Waals surface area (Å²) in [4.78, 5) is 12.9. The molecule has 0 unspecified atom stereocenters. The van der Waals surface area contributed by atoms with Crippen LogP contribution in [0.2, 0.25) is 0 Å². The fourth-order valence-corrected chi connectivity index (χ4v) is 2.93. The van der Waals surface area contributed by atoms with Crippen LogP contribution in [0.4, 0.5) is 5.69 Å². The monoisotopic (exact) mass is 267 g/mol. The van der Waals surface area contributed by atoms with Gasteiger partial charge in [0.2, 0.25) is 0 Å². The van der Waals surface area contributed by atoms with E-state index in [1.165, 1.54) is 12.0 Å². The Labute approximate surface area is 109 Å². The van der Waals surface area contributed by atoms with Crippen LogP contribution in [0.3, 0.4) is 0 Å². The zero-order chi connectivity index (χ0) is 12.3. The minimum Gasteiger partial charge on any atom is -0.491 e. The van der Waals surface area contributed by atoms with Crippen LogP contribution in [-0.2, 0) is 9.53 Å². The first-order chi connectivity index (χ1) is 8.26. The molecule has 0 saturated heterocycles. The number of fused-ring (bicyclic) bond motifs is 1. The molecule has 0 atom stereocenters. The first-order valence-corrected chi connectivity index (χ1v) is 7.31. The summed E-state index contributed by atoms with van der Waals surface area (Å²) in [5, 5.41) is 3.22. The molecule has 1 aliphatic rings. The summed E-state index contributed by atoms with van der Waals surface area (Å²) in [6.45, 7) is 0. The fourth-order valence-electron chi connectivity index (χ4n) is 1.59. The highest BCUT2D eigenvalue weighted by atomic mass is 32.2. The third-order valence-corrected chi connectivity index (χ3v) is 4.05. The minimum absolute atomic E-state index is 0.0463. The van der Waals surface area contributed by atoms with Crippen LogP contribution >= 0.6 is 23.5 Å². The second-order valence-corrected chi connectivity index (χ2v) is 5.21. The Morgan fingerprint density at radius 3 is 2.94 bits per heavy atom. The van der Waals surface area contributed by atoms with E-state index in [2.05, 4.69) is 11.4 Å². The molecule has 5 heteroatoms. The van der Waals surface area contributed by atoms with Gasteiger partial charge in [0, 0.05) is 10.6 Å². The molecule has 0 bridgehead atoms. The van der Waals surface area contributed by atoms with Gasteiger partial charge in [-0.1, -0.05) is 23.9 Å². The van der Waals surface area contributed by atoms with Gasteiger partial charge in [0.25, 0.3) is 5.12 Å². The van der Waals surface area contributed by atoms with E-state index in [4.69, 9.17) is 4.74 Å². The highest BCUT2D eigenvalue weighted by Crippen LogP contribution is 2.35. The van der Waals surface area contributed by atoms with Crippen LogP contribution in [0.1, 0.15) is 0 Å². The minimum atomic E-state index is -0.0463. The lowest BCUT2D eigenvalue weighted by Crippen LogP contribution is -2.15. The lowest BCUT2D eigenvalue weighted by Gasteiger charge is -2.21. The molecule has 0 aromatic heterocycles. The Morgan fingerprint density at radius 1 is 1.47 bits per heavy atom. The zero-order valence-electron chi connectivity index (χ0n) is 9.65. The molecule has 0 radical (unpaired) electrons. The maximum atomic E-state index is 11.7. The molecule has 1 aromatic carbocycles. The number of carbonyl (C=O) groups is 1. The predicted molar refractivity (Wildman–Crippen MR) is 73.3 cm³/mol. The van der Waals surface area contributed by atoms with Crippen molar-refractivity contribution in [2.24, 2.45) is 0 Å². The smallest absolute Gasteiger partial charge is 0.255 e. The van der Waals surface area contributed by atoms with Crippen LogP contribution in [0.15, 0.2) is 40.6 Å². The molecule has 0 saturated carbocycles. The number of ether oxygens (including phenoxy) is 1. The molecule has 1 N–H and O–H groups in total. The highest BCUT2D eigenvalue weighted by Gasteiger charge is 2.20. The van der Waals surface area contributed by atoms with Crippen LogP contribution < -0.4 is 5.32 Å². The number of nitrogens with one attached hydrogen (secondary N) is 1. The van der Waals surface area contributed by atoms with Crippen molar-refractivity contribution in [3.63, 3.8) is 0 Å². The first kappa shape index (κ1) is 12.4. The van der Waals surface area contributed by atoms with E-state index < -0.39 is 0 Å². The summed E-state index contributed by atoms with van der Waals surface area (Å²) < 4.78 is 5.19. The Bertz CT molecular complexity index is 471. The fraction of sp³-hybridized carbons (Fsp3) is 0.250. The molecule has 1 aromatic rings. The molecule has 2 rings (SSSR count). The van der Waals surface area contributed by atoms with Gasteiger partial charge in [-0.25, -0.2) is 0 Å². The Kier molecular flexibility index (Phi) is 4.02. The van der Waals surface area contributed by atoms with Crippen molar-refractivity contribution in [1.82, 2.24) is 0 Å². The maximum Gasteiger partial charge on any atom is 0.255 e. The van der Waals surface area contributed by atoms with E-state index in [-0.39, 0.29) is 5.12 Å². The molecule has 0 fully saturated rings. The Balaban J connectivity index is 2.32. The normalized spacial score (nSPS) is 16.8. The molecular formula is C12H13NO2S2. The number of anilines is 1. The van der Waals surface area contributed by atoms with Gasteiger partial charge in [-0.15, -0.1) is 11.8 Å². The van der Waals surface area contributed by atoms with Gasteiger partial charge < -0.3 is 10.1 Å². The van der Waals surface area contributed by atoms with E-state index in [0.717, 1.165) is 28.9 Å². The maximum absolute atomic E-state index is 11.7. The number of carbonyl (C=O) groups excluding carboxylic acids is 1. The van der Waals surface area contributed by atoms with E-state index in [0.29, 0.717) is 5.76 Å². The van der Waals surface area contributed by atoms with Gasteiger partial charge in [0.15, 0.2) is 5.76 Å². The van der Waals surface area contributed by atoms with Crippen molar-refractivity contribution in [2.75, 3.05) is 24.4 Å². The van der Waals surface area contributed by atoms with Gasteiger partial charge in [-0.2, -0.15) is 0 Å². The third kappa shape index (κ3) is 2.61. The van der Waals surface area contributed by atoms with Gasteiger partial charge in [-0.3, -0.25) is 4.79 Å². The number of rotatable bonds is 2. The van der Waals surface area contributed by atoms with E-state index in [1.54, 1.807) is 18.0 Å². The average molecular weight is 267 g/mol. The van der Waals surface area contributed by atoms with Crippen molar-refractivity contribution in [2.45, 2.75) is 4.90 Å². The largest absolute Gasteiger partial charge is 0.491 e. The lowest BCUT2D eigenvalue weighted by molar-refractivity contribution is -0.110. The molecule has 3 nitrogen and oxygen atoms in total. The number of para-hydroxylation sites is 1. The van der Waals surface area contributed by atoms with Crippen LogP contribution in [0.25, 0.3) is 0 Å². The zero-order valence-corrected chi connectivity index (χ0v) is 11.3. The number of thioether (sulfide) groups is 2. The van der Waals surface area contributed by atoms with Gasteiger partial charge >= 0.3 is 0 Å². The first-order valence-electron chi connectivity index (χ1n) is 5.10. The second-order valence-electron chi connectivity index (χ2n) is 3.41. The molecule has 17 heavy (non-hydrogen) atoms. The van der Waals surface area contributed by atoms with Crippen LogP contribution in [-0.4, -0.2) is 24.2 Å². The Morgan fingerprint density at radius 2 is 2.24 bits per heavy atom. The SMILES string of the molecule is CO/C(C(=O)SC)=C1\CSc2ccccc2N1. The van der Waals surface area contributed by atoms with Crippen molar-refractivity contribution in [3.8, 4) is 0 Å². The molecule has 0 amide bonds. The molecule has 90 valence electrons. The molecule has 0 aliphatic carbocycles. The number of methoxy groups -OCH3 is 1. The molecule has 0 spiro atoms. The summed E-state index contributed by atoms with van der Waals surface area (Å²) in [7, 11) is 1.53. The van der Waals surface area contributed by atoms with Crippen molar-refractivity contribution < 1.29 is 9.53 Å². The summed E-state index contributed by atoms with van der Waals surface area (Å²) in [5.74, 6) is 1.14. The van der Waals surface area contributed by atoms with Crippen molar-refractivity contribution >= 4 is 34.3 Å². The quantitative estimate of drug-likeness (QED) is 0.659. The number of hydrogen-bond donors (Lipinski definition) is 1. The van der Waals surface area contributed by atoms with Gasteiger partial charge in [0.1, 0.15) is 0 Å². The van der Waals surface area contributed by atoms with Crippen molar-refractivity contribution in [1.29, 1.82) is 0 Å². The number of hydrogen-bond acceptors (Lipinski definition) is 5. The van der Waals surface area contributed by atoms with E-state index >= 15 is 0 Å². The van der Waals surface area contributed by atoms with Crippen LogP contribution in [0, 0.1) is 0 Å². The third-order valence-electron chi connectivity index (χ3n) is 2.39. The predicted octanol–water partition coefficient (Wildman–Crippen LogP) is 2.95. The standard InChI is InChI=1S/C12H13NO2S2/c1-15-11(12(14)16-2)9-7-17-10-6-4-3-5-8(10)13-9/h3-6,13H,7H2,1-2H3/b11-9+. The topological polar surface area (TPSA) is 38.3 Å². The lowest BCUT2D eigenvalue weighted by atomic mass is 10.3. The van der Waals surface area contributed by atoms with E-state index in [1.807, 2.05) is 18.2 Å². The summed E-state index contributed by atoms with van der Waals surface area (Å²) >= 11 is 2.87. The summed E-state index contributed by atoms with van der Waals surface area (Å²) in [6.07, 6.45) is 1.76.